The zero-order valence-electron chi connectivity index (χ0n) is 8.76. The first-order valence-corrected chi connectivity index (χ1v) is 5.08. The van der Waals surface area contributed by atoms with E-state index in [0.717, 1.165) is 18.3 Å². The van der Waals surface area contributed by atoms with E-state index in [0.29, 0.717) is 13.0 Å². The summed E-state index contributed by atoms with van der Waals surface area (Å²) < 4.78 is 5.46. The molecule has 0 aliphatic heterocycles. The van der Waals surface area contributed by atoms with E-state index in [1.54, 1.807) is 6.08 Å². The second kappa shape index (κ2) is 6.96. The van der Waals surface area contributed by atoms with Crippen molar-refractivity contribution in [2.75, 3.05) is 0 Å². The molecule has 0 radical (unpaired) electrons. The number of hydrogen-bond donors (Lipinski definition) is 0. The summed E-state index contributed by atoms with van der Waals surface area (Å²) in [5, 5.41) is 0. The third-order valence-electron chi connectivity index (χ3n) is 2.11. The van der Waals surface area contributed by atoms with Gasteiger partial charge in [0.15, 0.2) is 0 Å². The van der Waals surface area contributed by atoms with Crippen molar-refractivity contribution in [1.82, 2.24) is 0 Å². The van der Waals surface area contributed by atoms with Crippen LogP contribution in [0.1, 0.15) is 18.4 Å². The van der Waals surface area contributed by atoms with Crippen LogP contribution >= 0.6 is 0 Å². The number of rotatable bonds is 7. The molecule has 2 nitrogen and oxygen atoms in total. The average molecular weight is 204 g/mol. The first-order valence-electron chi connectivity index (χ1n) is 5.08. The van der Waals surface area contributed by atoms with Gasteiger partial charge in [0.25, 0.3) is 0 Å². The fourth-order valence-corrected chi connectivity index (χ4v) is 1.25. The minimum Gasteiger partial charge on any atom is -0.366 e. The monoisotopic (exact) mass is 204 g/mol. The maximum Gasteiger partial charge on any atom is 0.148 e. The maximum absolute atomic E-state index is 10.7. The quantitative estimate of drug-likeness (QED) is 0.504. The molecule has 0 spiro atoms. The molecule has 0 aliphatic carbocycles. The van der Waals surface area contributed by atoms with Crippen LogP contribution in [-0.2, 0) is 16.1 Å². The fourth-order valence-electron chi connectivity index (χ4n) is 1.25. The molecule has 0 bridgehead atoms. The SMILES string of the molecule is C=CCCC(C=O)OCc1ccccc1. The summed E-state index contributed by atoms with van der Waals surface area (Å²) in [4.78, 5) is 10.7. The van der Waals surface area contributed by atoms with Gasteiger partial charge in [0, 0.05) is 0 Å². The van der Waals surface area contributed by atoms with Crippen molar-refractivity contribution >= 4 is 6.29 Å². The molecule has 2 heteroatoms. The van der Waals surface area contributed by atoms with Gasteiger partial charge in [-0.25, -0.2) is 0 Å². The first-order chi connectivity index (χ1) is 7.36. The van der Waals surface area contributed by atoms with Gasteiger partial charge in [-0.2, -0.15) is 0 Å². The van der Waals surface area contributed by atoms with Crippen LogP contribution in [0.2, 0.25) is 0 Å². The summed E-state index contributed by atoms with van der Waals surface area (Å²) in [5.41, 5.74) is 1.09. The lowest BCUT2D eigenvalue weighted by atomic mass is 10.2. The summed E-state index contributed by atoms with van der Waals surface area (Å²) in [6, 6.07) is 9.83. The minimum absolute atomic E-state index is 0.316. The number of aldehydes is 1. The standard InChI is InChI=1S/C13H16O2/c1-2-3-9-13(10-14)15-11-12-7-5-4-6-8-12/h2,4-8,10,13H,1,3,9,11H2. The number of carbonyl (C=O) groups is 1. The van der Waals surface area contributed by atoms with E-state index in [1.807, 2.05) is 30.3 Å². The summed E-state index contributed by atoms with van der Waals surface area (Å²) in [7, 11) is 0. The minimum atomic E-state index is -0.316. The van der Waals surface area contributed by atoms with Gasteiger partial charge in [-0.15, -0.1) is 6.58 Å². The lowest BCUT2D eigenvalue weighted by Crippen LogP contribution is -2.13. The number of hydrogen-bond acceptors (Lipinski definition) is 2. The Morgan fingerprint density at radius 3 is 2.67 bits per heavy atom. The number of allylic oxidation sites excluding steroid dienone is 1. The Morgan fingerprint density at radius 1 is 1.33 bits per heavy atom. The van der Waals surface area contributed by atoms with Gasteiger partial charge < -0.3 is 9.53 Å². The molecule has 0 aromatic heterocycles. The molecule has 0 aliphatic rings. The predicted octanol–water partition coefficient (Wildman–Crippen LogP) is 2.74. The van der Waals surface area contributed by atoms with E-state index in [9.17, 15) is 4.79 Å². The van der Waals surface area contributed by atoms with Crippen molar-refractivity contribution in [3.05, 3.63) is 48.6 Å². The second-order valence-corrected chi connectivity index (χ2v) is 3.34. The Morgan fingerprint density at radius 2 is 2.07 bits per heavy atom. The largest absolute Gasteiger partial charge is 0.366 e. The molecule has 0 heterocycles. The van der Waals surface area contributed by atoms with Crippen LogP contribution in [0.4, 0.5) is 0 Å². The Bertz CT molecular complexity index is 293. The van der Waals surface area contributed by atoms with Gasteiger partial charge in [-0.3, -0.25) is 0 Å². The van der Waals surface area contributed by atoms with E-state index >= 15 is 0 Å². The van der Waals surface area contributed by atoms with Crippen molar-refractivity contribution in [3.63, 3.8) is 0 Å². The molecular formula is C13H16O2. The lowest BCUT2D eigenvalue weighted by Gasteiger charge is -2.10. The zero-order chi connectivity index (χ0) is 10.9. The number of benzene rings is 1. The van der Waals surface area contributed by atoms with Crippen molar-refractivity contribution in [2.45, 2.75) is 25.6 Å². The fraction of sp³-hybridized carbons (Fsp3) is 0.308. The van der Waals surface area contributed by atoms with Gasteiger partial charge in [-0.05, 0) is 18.4 Å². The highest BCUT2D eigenvalue weighted by Crippen LogP contribution is 2.06. The molecule has 1 aromatic carbocycles. The molecule has 1 unspecified atom stereocenters. The first kappa shape index (κ1) is 11.7. The van der Waals surface area contributed by atoms with Gasteiger partial charge in [0.2, 0.25) is 0 Å². The zero-order valence-corrected chi connectivity index (χ0v) is 8.76. The number of ether oxygens (including phenoxy) is 1. The van der Waals surface area contributed by atoms with Gasteiger partial charge in [-0.1, -0.05) is 36.4 Å². The lowest BCUT2D eigenvalue weighted by molar-refractivity contribution is -0.119. The van der Waals surface area contributed by atoms with Crippen LogP contribution < -0.4 is 0 Å². The van der Waals surface area contributed by atoms with Crippen LogP contribution in [0.5, 0.6) is 0 Å². The molecule has 0 N–H and O–H groups in total. The second-order valence-electron chi connectivity index (χ2n) is 3.34. The predicted molar refractivity (Wildman–Crippen MR) is 60.5 cm³/mol. The third kappa shape index (κ3) is 4.56. The Balaban J connectivity index is 2.34. The van der Waals surface area contributed by atoms with Crippen LogP contribution in [0, 0.1) is 0 Å². The van der Waals surface area contributed by atoms with E-state index in [1.165, 1.54) is 0 Å². The Kier molecular flexibility index (Phi) is 5.41. The van der Waals surface area contributed by atoms with Crippen molar-refractivity contribution < 1.29 is 9.53 Å². The normalized spacial score (nSPS) is 12.0. The van der Waals surface area contributed by atoms with Crippen molar-refractivity contribution in [2.24, 2.45) is 0 Å². The molecular weight excluding hydrogens is 188 g/mol. The molecule has 1 rings (SSSR count). The smallest absolute Gasteiger partial charge is 0.148 e. The highest BCUT2D eigenvalue weighted by molar-refractivity contribution is 5.55. The molecule has 1 aromatic rings. The average Bonchev–Trinajstić information content (AvgIpc) is 2.31. The topological polar surface area (TPSA) is 26.3 Å². The summed E-state index contributed by atoms with van der Waals surface area (Å²) in [5.74, 6) is 0. The van der Waals surface area contributed by atoms with E-state index < -0.39 is 0 Å². The maximum atomic E-state index is 10.7. The van der Waals surface area contributed by atoms with Crippen molar-refractivity contribution in [1.29, 1.82) is 0 Å². The van der Waals surface area contributed by atoms with E-state index in [2.05, 4.69) is 6.58 Å². The molecule has 0 saturated carbocycles. The third-order valence-corrected chi connectivity index (χ3v) is 2.11. The molecule has 1 atom stereocenters. The van der Waals surface area contributed by atoms with Crippen LogP contribution in [-0.4, -0.2) is 12.4 Å². The summed E-state index contributed by atoms with van der Waals surface area (Å²) in [6.45, 7) is 4.10. The van der Waals surface area contributed by atoms with E-state index in [4.69, 9.17) is 4.74 Å². The van der Waals surface area contributed by atoms with Crippen LogP contribution in [0.3, 0.4) is 0 Å². The van der Waals surface area contributed by atoms with E-state index in [-0.39, 0.29) is 6.10 Å². The van der Waals surface area contributed by atoms with Crippen LogP contribution in [0.15, 0.2) is 43.0 Å². The highest BCUT2D eigenvalue weighted by Gasteiger charge is 2.05. The Labute approximate surface area is 90.6 Å². The number of carbonyl (C=O) groups excluding carboxylic acids is 1. The highest BCUT2D eigenvalue weighted by atomic mass is 16.5. The van der Waals surface area contributed by atoms with Crippen molar-refractivity contribution in [3.8, 4) is 0 Å². The molecule has 0 fully saturated rings. The van der Waals surface area contributed by atoms with Gasteiger partial charge in [0.05, 0.1) is 6.61 Å². The van der Waals surface area contributed by atoms with Gasteiger partial charge in [0.1, 0.15) is 12.4 Å². The molecule has 80 valence electrons. The van der Waals surface area contributed by atoms with Crippen LogP contribution in [0.25, 0.3) is 0 Å². The summed E-state index contributed by atoms with van der Waals surface area (Å²) >= 11 is 0. The molecule has 15 heavy (non-hydrogen) atoms. The molecule has 0 saturated heterocycles. The molecule has 0 amide bonds. The van der Waals surface area contributed by atoms with Gasteiger partial charge >= 0.3 is 0 Å². The Hall–Kier alpha value is -1.41. The summed E-state index contributed by atoms with van der Waals surface area (Å²) in [6.07, 6.45) is 3.84.